The van der Waals surface area contributed by atoms with Crippen LogP contribution in [0.2, 0.25) is 0 Å². The Labute approximate surface area is 296 Å². The first-order chi connectivity index (χ1) is 24.1. The minimum Gasteiger partial charge on any atom is -0.463 e. The molecule has 1 N–H and O–H groups in total. The number of ether oxygens (including phenoxy) is 2. The van der Waals surface area contributed by atoms with Crippen LogP contribution in [0, 0.1) is 22.2 Å². The lowest BCUT2D eigenvalue weighted by Crippen LogP contribution is -2.44. The number of likely N-dealkylation sites (tertiary alicyclic amines) is 1. The third kappa shape index (κ3) is 7.32. The summed E-state index contributed by atoms with van der Waals surface area (Å²) in [5.74, 6) is 1.92. The van der Waals surface area contributed by atoms with E-state index < -0.39 is 0 Å². The van der Waals surface area contributed by atoms with E-state index >= 15 is 0 Å². The van der Waals surface area contributed by atoms with Gasteiger partial charge in [-0.05, 0) is 97.2 Å². The van der Waals surface area contributed by atoms with Crippen molar-refractivity contribution in [2.75, 3.05) is 53.3 Å². The van der Waals surface area contributed by atoms with Crippen LogP contribution in [0.15, 0.2) is 60.0 Å². The van der Waals surface area contributed by atoms with Crippen LogP contribution in [-0.2, 0) is 11.2 Å². The van der Waals surface area contributed by atoms with E-state index in [1.54, 1.807) is 7.11 Å². The Balaban J connectivity index is 1.44. The summed E-state index contributed by atoms with van der Waals surface area (Å²) in [5, 5.41) is 9.86. The number of hydrogen-bond acceptors (Lipinski definition) is 10. The van der Waals surface area contributed by atoms with Crippen LogP contribution in [0.25, 0.3) is 32.9 Å². The van der Waals surface area contributed by atoms with Crippen LogP contribution >= 0.6 is 0 Å². The fourth-order valence-electron chi connectivity index (χ4n) is 8.11. The topological polar surface area (TPSA) is 105 Å². The quantitative estimate of drug-likeness (QED) is 0.117. The van der Waals surface area contributed by atoms with Gasteiger partial charge in [-0.15, -0.1) is 4.91 Å². The maximum atomic E-state index is 11.8. The SMILES string of the molecule is C=C(CC(C)(COc1nc(NC(COC)C2CCCN2C)c2cnc(-c3cc(N=O)cc4cccc(CC)c34)cc2n1)C1CC1CC)N(C)C. The number of nitroso groups, excluding NO2 is 1. The first-order valence-corrected chi connectivity index (χ1v) is 18.1. The summed E-state index contributed by atoms with van der Waals surface area (Å²) in [4.78, 5) is 31.3. The predicted molar refractivity (Wildman–Crippen MR) is 203 cm³/mol. The molecule has 2 aliphatic rings. The molecule has 0 spiro atoms. The largest absolute Gasteiger partial charge is 0.463 e. The van der Waals surface area contributed by atoms with Gasteiger partial charge >= 0.3 is 6.01 Å². The third-order valence-electron chi connectivity index (χ3n) is 11.2. The van der Waals surface area contributed by atoms with E-state index in [-0.39, 0.29) is 11.5 Å². The molecule has 1 aliphatic carbocycles. The molecular weight excluding hydrogens is 626 g/mol. The summed E-state index contributed by atoms with van der Waals surface area (Å²) >= 11 is 0. The number of allylic oxidation sites excluding steroid dienone is 1. The Morgan fingerprint density at radius 2 is 2.04 bits per heavy atom. The van der Waals surface area contributed by atoms with Crippen molar-refractivity contribution >= 4 is 33.2 Å². The molecule has 0 radical (unpaired) electrons. The van der Waals surface area contributed by atoms with Gasteiger partial charge in [0.25, 0.3) is 0 Å². The van der Waals surface area contributed by atoms with Crippen molar-refractivity contribution in [3.05, 3.63) is 65.3 Å². The molecule has 266 valence electrons. The number of rotatable bonds is 16. The molecule has 4 aromatic rings. The van der Waals surface area contributed by atoms with Crippen LogP contribution < -0.4 is 10.1 Å². The number of pyridine rings is 1. The highest BCUT2D eigenvalue weighted by Gasteiger charge is 2.49. The fourth-order valence-corrected chi connectivity index (χ4v) is 8.11. The van der Waals surface area contributed by atoms with Crippen LogP contribution in [0.5, 0.6) is 6.01 Å². The van der Waals surface area contributed by atoms with E-state index in [0.29, 0.717) is 59.8 Å². The van der Waals surface area contributed by atoms with Gasteiger partial charge in [0.05, 0.1) is 35.9 Å². The maximum Gasteiger partial charge on any atom is 0.318 e. The van der Waals surface area contributed by atoms with Gasteiger partial charge in [0.1, 0.15) is 11.5 Å². The molecule has 0 amide bonds. The lowest BCUT2D eigenvalue weighted by atomic mass is 9.80. The Morgan fingerprint density at radius 1 is 1.22 bits per heavy atom. The van der Waals surface area contributed by atoms with E-state index in [0.717, 1.165) is 66.1 Å². The number of aromatic nitrogens is 3. The molecule has 0 bridgehead atoms. The second-order valence-corrected chi connectivity index (χ2v) is 14.9. The lowest BCUT2D eigenvalue weighted by molar-refractivity contribution is 0.116. The maximum absolute atomic E-state index is 11.8. The molecule has 2 aromatic carbocycles. The summed E-state index contributed by atoms with van der Waals surface area (Å²) < 4.78 is 12.3. The molecule has 2 aromatic heterocycles. The van der Waals surface area contributed by atoms with Crippen molar-refractivity contribution in [1.82, 2.24) is 24.8 Å². The molecule has 50 heavy (non-hydrogen) atoms. The predicted octanol–water partition coefficient (Wildman–Crippen LogP) is 8.22. The number of fused-ring (bicyclic) bond motifs is 2. The normalized spacial score (nSPS) is 20.8. The average Bonchev–Trinajstić information content (AvgIpc) is 3.81. The molecule has 5 unspecified atom stereocenters. The number of anilines is 1. The Bertz CT molecular complexity index is 1860. The van der Waals surface area contributed by atoms with Crippen LogP contribution in [0.3, 0.4) is 0 Å². The highest BCUT2D eigenvalue weighted by molar-refractivity contribution is 6.02. The van der Waals surface area contributed by atoms with Gasteiger partial charge in [-0.2, -0.15) is 9.97 Å². The fraction of sp³-hybridized carbons (Fsp3) is 0.525. The lowest BCUT2D eigenvalue weighted by Gasteiger charge is -2.33. The number of hydrogen-bond donors (Lipinski definition) is 1. The molecule has 10 nitrogen and oxygen atoms in total. The second-order valence-electron chi connectivity index (χ2n) is 14.9. The number of nitrogens with one attached hydrogen (secondary N) is 1. The number of likely N-dealkylation sites (N-methyl/N-ethyl adjacent to an activating group) is 1. The van der Waals surface area contributed by atoms with Crippen molar-refractivity contribution in [3.8, 4) is 17.3 Å². The van der Waals surface area contributed by atoms with E-state index in [1.165, 1.54) is 12.0 Å². The third-order valence-corrected chi connectivity index (χ3v) is 11.2. The summed E-state index contributed by atoms with van der Waals surface area (Å²) in [5.41, 5.74) is 4.80. The standard InChI is InChI=1S/C40H53N7O3/c1-9-26-13-11-14-28-17-29(45-48)19-30(37(26)28)33-20-34-31(22-41-33)38(42-35(23-49-8)36-15-12-16-47(36)7)44-39(43-34)50-24-40(4,21-25(3)46(5)6)32-18-27(32)10-2/h11,13-14,17,19-20,22,27,32,35-36H,3,9-10,12,15-16,18,21,23-24H2,1-2,4-8H3,(H,42,43,44). The monoisotopic (exact) mass is 679 g/mol. The van der Waals surface area contributed by atoms with E-state index in [4.69, 9.17) is 24.4 Å². The van der Waals surface area contributed by atoms with Crippen LogP contribution in [0.4, 0.5) is 11.5 Å². The van der Waals surface area contributed by atoms with Gasteiger partial charge in [0.2, 0.25) is 0 Å². The minimum atomic E-state index is -0.111. The van der Waals surface area contributed by atoms with Gasteiger partial charge in [0, 0.05) is 50.1 Å². The van der Waals surface area contributed by atoms with Crippen molar-refractivity contribution in [1.29, 1.82) is 0 Å². The summed E-state index contributed by atoms with van der Waals surface area (Å²) in [6, 6.07) is 12.4. The number of benzene rings is 2. The molecule has 1 saturated heterocycles. The molecular formula is C40H53N7O3. The van der Waals surface area contributed by atoms with Gasteiger partial charge in [-0.3, -0.25) is 4.98 Å². The zero-order valence-electron chi connectivity index (χ0n) is 30.8. The highest BCUT2D eigenvalue weighted by atomic mass is 16.5. The first kappa shape index (κ1) is 35.7. The van der Waals surface area contributed by atoms with Gasteiger partial charge < -0.3 is 24.6 Å². The Morgan fingerprint density at radius 3 is 2.70 bits per heavy atom. The van der Waals surface area contributed by atoms with Crippen molar-refractivity contribution < 1.29 is 9.47 Å². The van der Waals surface area contributed by atoms with Crippen molar-refractivity contribution in [3.63, 3.8) is 0 Å². The zero-order chi connectivity index (χ0) is 35.6. The number of aryl methyl sites for hydroxylation is 1. The second kappa shape index (κ2) is 15.0. The van der Waals surface area contributed by atoms with E-state index in [9.17, 15) is 4.91 Å². The molecule has 1 saturated carbocycles. The molecule has 5 atom stereocenters. The molecule has 3 heterocycles. The summed E-state index contributed by atoms with van der Waals surface area (Å²) in [6.07, 6.45) is 8.10. The van der Waals surface area contributed by atoms with E-state index in [2.05, 4.69) is 74.9 Å². The van der Waals surface area contributed by atoms with Gasteiger partial charge in [-0.25, -0.2) is 0 Å². The van der Waals surface area contributed by atoms with Crippen molar-refractivity contribution in [2.24, 2.45) is 22.4 Å². The van der Waals surface area contributed by atoms with Gasteiger partial charge in [0.15, 0.2) is 0 Å². The van der Waals surface area contributed by atoms with Gasteiger partial charge in [-0.1, -0.05) is 52.0 Å². The molecule has 10 heteroatoms. The van der Waals surface area contributed by atoms with Crippen molar-refractivity contribution in [2.45, 2.75) is 71.4 Å². The van der Waals surface area contributed by atoms with Crippen LogP contribution in [-0.4, -0.2) is 84.8 Å². The Kier molecular flexibility index (Phi) is 10.7. The average molecular weight is 680 g/mol. The molecule has 6 rings (SSSR count). The van der Waals surface area contributed by atoms with Crippen LogP contribution in [0.1, 0.15) is 58.4 Å². The minimum absolute atomic E-state index is 0.00925. The smallest absolute Gasteiger partial charge is 0.318 e. The summed E-state index contributed by atoms with van der Waals surface area (Å²) in [7, 11) is 8.01. The Hall–Kier alpha value is -4.15. The first-order valence-electron chi connectivity index (χ1n) is 18.1. The highest BCUT2D eigenvalue weighted by Crippen LogP contribution is 2.55. The molecule has 2 fully saturated rings. The zero-order valence-corrected chi connectivity index (χ0v) is 30.8. The summed E-state index contributed by atoms with van der Waals surface area (Å²) in [6.45, 7) is 13.2. The number of nitrogens with zero attached hydrogens (tertiary/aromatic N) is 6. The van der Waals surface area contributed by atoms with E-state index in [1.807, 2.05) is 36.5 Å². The number of methoxy groups -OCH3 is 1. The molecule has 1 aliphatic heterocycles.